The molecule has 0 aliphatic heterocycles. The van der Waals surface area contributed by atoms with E-state index in [0.29, 0.717) is 6.04 Å². The molecule has 1 fully saturated rings. The van der Waals surface area contributed by atoms with Gasteiger partial charge in [-0.05, 0) is 43.6 Å². The van der Waals surface area contributed by atoms with E-state index in [0.717, 1.165) is 12.0 Å². The first kappa shape index (κ1) is 13.4. The monoisotopic (exact) mass is 229 g/mol. The van der Waals surface area contributed by atoms with Gasteiger partial charge in [-0.25, -0.2) is 0 Å². The Balaban J connectivity index is 2.15. The average Bonchev–Trinajstić information content (AvgIpc) is 2.22. The fraction of sp³-hybridized carbons (Fsp3) is 1.00. The summed E-state index contributed by atoms with van der Waals surface area (Å²) in [4.78, 5) is 0. The minimum atomic E-state index is 0.703. The average molecular weight is 229 g/mol. The largest absolute Gasteiger partial charge is 0.311 e. The van der Waals surface area contributed by atoms with Crippen molar-refractivity contribution in [3.8, 4) is 0 Å². The number of thioether (sulfide) groups is 1. The Hall–Kier alpha value is 0.310. The minimum Gasteiger partial charge on any atom is -0.311 e. The van der Waals surface area contributed by atoms with E-state index >= 15 is 0 Å². The Labute approximate surface area is 99.8 Å². The molecule has 0 aromatic rings. The summed E-state index contributed by atoms with van der Waals surface area (Å²) >= 11 is 2.06. The van der Waals surface area contributed by atoms with Gasteiger partial charge in [-0.15, -0.1) is 0 Å². The number of hydrogen-bond acceptors (Lipinski definition) is 2. The molecule has 1 nitrogen and oxygen atoms in total. The maximum Gasteiger partial charge on any atom is 0.00951 e. The summed E-state index contributed by atoms with van der Waals surface area (Å²) in [6.45, 7) is 6.99. The third-order valence-electron chi connectivity index (χ3n) is 3.51. The fourth-order valence-corrected chi connectivity index (χ4v) is 3.23. The molecule has 0 amide bonds. The summed E-state index contributed by atoms with van der Waals surface area (Å²) in [6, 6.07) is 1.50. The first-order valence-corrected chi connectivity index (χ1v) is 7.73. The van der Waals surface area contributed by atoms with Crippen LogP contribution in [0.5, 0.6) is 0 Å². The van der Waals surface area contributed by atoms with Crippen molar-refractivity contribution in [2.24, 2.45) is 5.92 Å². The molecule has 90 valence electrons. The summed E-state index contributed by atoms with van der Waals surface area (Å²) in [5, 5.41) is 3.81. The van der Waals surface area contributed by atoms with Crippen LogP contribution in [0.4, 0.5) is 0 Å². The molecule has 0 saturated heterocycles. The van der Waals surface area contributed by atoms with Gasteiger partial charge in [0.2, 0.25) is 0 Å². The lowest BCUT2D eigenvalue weighted by Gasteiger charge is -2.32. The van der Waals surface area contributed by atoms with Crippen LogP contribution in [-0.4, -0.2) is 23.6 Å². The molecular formula is C13H27NS. The predicted octanol–water partition coefficient (Wildman–Crippen LogP) is 3.69. The molecule has 0 aromatic heterocycles. The van der Waals surface area contributed by atoms with Crippen molar-refractivity contribution >= 4 is 11.8 Å². The number of hydrogen-bond donors (Lipinski definition) is 1. The normalized spacial score (nSPS) is 29.0. The van der Waals surface area contributed by atoms with Crippen molar-refractivity contribution in [3.05, 3.63) is 0 Å². The van der Waals surface area contributed by atoms with E-state index in [2.05, 4.69) is 37.8 Å². The lowest BCUT2D eigenvalue weighted by atomic mass is 9.85. The lowest BCUT2D eigenvalue weighted by Crippen LogP contribution is -2.42. The molecule has 3 unspecified atom stereocenters. The molecule has 3 atom stereocenters. The van der Waals surface area contributed by atoms with Crippen LogP contribution in [0.2, 0.25) is 0 Å². The zero-order valence-corrected chi connectivity index (χ0v) is 11.4. The van der Waals surface area contributed by atoms with Gasteiger partial charge in [0.05, 0.1) is 0 Å². The van der Waals surface area contributed by atoms with Crippen LogP contribution in [0, 0.1) is 5.92 Å². The van der Waals surface area contributed by atoms with Crippen molar-refractivity contribution in [2.45, 2.75) is 65.0 Å². The Morgan fingerprint density at radius 3 is 2.73 bits per heavy atom. The van der Waals surface area contributed by atoms with E-state index < -0.39 is 0 Å². The van der Waals surface area contributed by atoms with Crippen LogP contribution in [0.25, 0.3) is 0 Å². The van der Waals surface area contributed by atoms with Gasteiger partial charge in [0, 0.05) is 12.1 Å². The molecule has 1 N–H and O–H groups in total. The van der Waals surface area contributed by atoms with Gasteiger partial charge < -0.3 is 5.32 Å². The maximum atomic E-state index is 3.81. The third-order valence-corrected chi connectivity index (χ3v) is 4.44. The highest BCUT2D eigenvalue weighted by atomic mass is 32.2. The van der Waals surface area contributed by atoms with Crippen molar-refractivity contribution in [3.63, 3.8) is 0 Å². The van der Waals surface area contributed by atoms with Gasteiger partial charge in [-0.1, -0.05) is 26.7 Å². The van der Waals surface area contributed by atoms with Gasteiger partial charge in [-0.2, -0.15) is 11.8 Å². The molecule has 0 heterocycles. The lowest BCUT2D eigenvalue weighted by molar-refractivity contribution is 0.261. The Morgan fingerprint density at radius 2 is 2.07 bits per heavy atom. The van der Waals surface area contributed by atoms with Gasteiger partial charge in [0.25, 0.3) is 0 Å². The molecule has 1 rings (SSSR count). The first-order chi connectivity index (χ1) is 7.24. The molecule has 15 heavy (non-hydrogen) atoms. The van der Waals surface area contributed by atoms with Crippen molar-refractivity contribution in [2.75, 3.05) is 11.5 Å². The van der Waals surface area contributed by atoms with Gasteiger partial charge in [0.1, 0.15) is 0 Å². The summed E-state index contributed by atoms with van der Waals surface area (Å²) in [5.41, 5.74) is 0. The zero-order valence-electron chi connectivity index (χ0n) is 10.6. The molecule has 1 saturated carbocycles. The van der Waals surface area contributed by atoms with E-state index in [1.165, 1.54) is 43.6 Å². The number of rotatable bonds is 6. The van der Waals surface area contributed by atoms with Crippen LogP contribution in [-0.2, 0) is 0 Å². The standard InChI is InChI=1S/C13H27NS/c1-4-15-10-9-12(3)14-13-8-6-5-7-11(13)2/h11-14H,4-10H2,1-3H3. The van der Waals surface area contributed by atoms with E-state index in [9.17, 15) is 0 Å². The third kappa shape index (κ3) is 5.26. The highest BCUT2D eigenvalue weighted by molar-refractivity contribution is 7.99. The summed E-state index contributed by atoms with van der Waals surface area (Å²) in [5.74, 6) is 3.46. The molecule has 0 aromatic carbocycles. The van der Waals surface area contributed by atoms with Crippen LogP contribution < -0.4 is 5.32 Å². The quantitative estimate of drug-likeness (QED) is 0.697. The van der Waals surface area contributed by atoms with Gasteiger partial charge in [-0.3, -0.25) is 0 Å². The highest BCUT2D eigenvalue weighted by Crippen LogP contribution is 2.24. The molecule has 0 bridgehead atoms. The van der Waals surface area contributed by atoms with Gasteiger partial charge >= 0.3 is 0 Å². The summed E-state index contributed by atoms with van der Waals surface area (Å²) < 4.78 is 0. The SMILES string of the molecule is CCSCCC(C)NC1CCCCC1C. The minimum absolute atomic E-state index is 0.703. The number of nitrogens with one attached hydrogen (secondary N) is 1. The van der Waals surface area contributed by atoms with Crippen LogP contribution in [0.15, 0.2) is 0 Å². The van der Waals surface area contributed by atoms with E-state index in [4.69, 9.17) is 0 Å². The Kier molecular flexibility index (Phi) is 6.74. The highest BCUT2D eigenvalue weighted by Gasteiger charge is 2.21. The zero-order chi connectivity index (χ0) is 11.1. The second kappa shape index (κ2) is 7.56. The maximum absolute atomic E-state index is 3.81. The van der Waals surface area contributed by atoms with Crippen LogP contribution in [0.3, 0.4) is 0 Å². The second-order valence-electron chi connectivity index (χ2n) is 4.92. The second-order valence-corrected chi connectivity index (χ2v) is 6.32. The first-order valence-electron chi connectivity index (χ1n) is 6.57. The van der Waals surface area contributed by atoms with E-state index in [-0.39, 0.29) is 0 Å². The molecule has 0 spiro atoms. The van der Waals surface area contributed by atoms with Crippen molar-refractivity contribution in [1.82, 2.24) is 5.32 Å². The van der Waals surface area contributed by atoms with Crippen LogP contribution >= 0.6 is 11.8 Å². The summed E-state index contributed by atoms with van der Waals surface area (Å²) in [6.07, 6.45) is 7.01. The Bertz CT molecular complexity index is 161. The molecule has 0 radical (unpaired) electrons. The molecule has 1 aliphatic carbocycles. The predicted molar refractivity (Wildman–Crippen MR) is 71.6 cm³/mol. The molecular weight excluding hydrogens is 202 g/mol. The molecule has 1 aliphatic rings. The van der Waals surface area contributed by atoms with Crippen LogP contribution in [0.1, 0.15) is 52.9 Å². The van der Waals surface area contributed by atoms with E-state index in [1.807, 2.05) is 0 Å². The van der Waals surface area contributed by atoms with Crippen molar-refractivity contribution < 1.29 is 0 Å². The van der Waals surface area contributed by atoms with Crippen molar-refractivity contribution in [1.29, 1.82) is 0 Å². The fourth-order valence-electron chi connectivity index (χ4n) is 2.42. The Morgan fingerprint density at radius 1 is 1.33 bits per heavy atom. The molecule has 2 heteroatoms. The smallest absolute Gasteiger partial charge is 0.00951 e. The van der Waals surface area contributed by atoms with Gasteiger partial charge in [0.15, 0.2) is 0 Å². The van der Waals surface area contributed by atoms with E-state index in [1.54, 1.807) is 0 Å². The summed E-state index contributed by atoms with van der Waals surface area (Å²) in [7, 11) is 0. The topological polar surface area (TPSA) is 12.0 Å².